The van der Waals surface area contributed by atoms with Crippen LogP contribution in [0.15, 0.2) is 11.6 Å². The maximum absolute atomic E-state index is 11.0. The summed E-state index contributed by atoms with van der Waals surface area (Å²) >= 11 is 0. The second-order valence-corrected chi connectivity index (χ2v) is 3.39. The van der Waals surface area contributed by atoms with Crippen LogP contribution in [-0.4, -0.2) is 13.1 Å². The quantitative estimate of drug-likeness (QED) is 0.467. The molecule has 0 N–H and O–H groups in total. The lowest BCUT2D eigenvalue weighted by Crippen LogP contribution is -2.03. The molecule has 0 saturated heterocycles. The minimum atomic E-state index is -0.193. The summed E-state index contributed by atoms with van der Waals surface area (Å²) in [5, 5.41) is 0. The van der Waals surface area contributed by atoms with Gasteiger partial charge in [-0.3, -0.25) is 0 Å². The zero-order valence-corrected chi connectivity index (χ0v) is 7.80. The number of esters is 1. The summed E-state index contributed by atoms with van der Waals surface area (Å²) in [4.78, 5) is 11.0. The van der Waals surface area contributed by atoms with Gasteiger partial charge in [0.25, 0.3) is 0 Å². The third-order valence-corrected chi connectivity index (χ3v) is 2.39. The maximum atomic E-state index is 11.0. The molecule has 1 saturated carbocycles. The van der Waals surface area contributed by atoms with E-state index in [0.717, 1.165) is 5.57 Å². The van der Waals surface area contributed by atoms with Crippen LogP contribution in [-0.2, 0) is 9.53 Å². The van der Waals surface area contributed by atoms with Gasteiger partial charge in [0, 0.05) is 5.57 Å². The molecule has 12 heavy (non-hydrogen) atoms. The molecule has 0 amide bonds. The molecule has 1 rings (SSSR count). The molecule has 0 radical (unpaired) electrons. The van der Waals surface area contributed by atoms with Gasteiger partial charge in [0.15, 0.2) is 0 Å². The Hall–Kier alpha value is -0.790. The molecule has 2 nitrogen and oxygen atoms in total. The summed E-state index contributed by atoms with van der Waals surface area (Å²) in [6, 6.07) is 0. The molecular weight excluding hydrogens is 152 g/mol. The first-order chi connectivity index (χ1) is 5.74. The van der Waals surface area contributed by atoms with Crippen molar-refractivity contribution in [2.45, 2.75) is 32.6 Å². The van der Waals surface area contributed by atoms with Crippen molar-refractivity contribution >= 4 is 5.97 Å². The average molecular weight is 168 g/mol. The van der Waals surface area contributed by atoms with Crippen LogP contribution in [0.4, 0.5) is 0 Å². The molecule has 1 fully saturated rings. The first kappa shape index (κ1) is 9.30. The van der Waals surface area contributed by atoms with Gasteiger partial charge in [0.1, 0.15) is 0 Å². The van der Waals surface area contributed by atoms with Crippen LogP contribution >= 0.6 is 0 Å². The van der Waals surface area contributed by atoms with E-state index in [1.165, 1.54) is 32.8 Å². The number of hydrogen-bond acceptors (Lipinski definition) is 2. The molecule has 1 aliphatic rings. The van der Waals surface area contributed by atoms with Gasteiger partial charge in [-0.25, -0.2) is 4.79 Å². The van der Waals surface area contributed by atoms with E-state index in [4.69, 9.17) is 0 Å². The van der Waals surface area contributed by atoms with E-state index in [2.05, 4.69) is 10.8 Å². The summed E-state index contributed by atoms with van der Waals surface area (Å²) in [6.45, 7) is 1.82. The number of hydrogen-bond donors (Lipinski definition) is 0. The first-order valence-corrected chi connectivity index (χ1v) is 4.51. The predicted molar refractivity (Wildman–Crippen MR) is 47.7 cm³/mol. The molecule has 0 aliphatic heterocycles. The van der Waals surface area contributed by atoms with Crippen LogP contribution < -0.4 is 0 Å². The van der Waals surface area contributed by atoms with Gasteiger partial charge in [-0.15, -0.1) is 0 Å². The number of carbonyl (C=O) groups excluding carboxylic acids is 1. The monoisotopic (exact) mass is 168 g/mol. The molecule has 0 atom stereocenters. The summed E-state index contributed by atoms with van der Waals surface area (Å²) in [6.07, 6.45) is 7.12. The van der Waals surface area contributed by atoms with Crippen LogP contribution in [0.1, 0.15) is 32.6 Å². The highest BCUT2D eigenvalue weighted by molar-refractivity contribution is 5.87. The molecule has 0 spiro atoms. The van der Waals surface area contributed by atoms with Crippen LogP contribution in [0.3, 0.4) is 0 Å². The fourth-order valence-corrected chi connectivity index (χ4v) is 1.71. The lowest BCUT2D eigenvalue weighted by molar-refractivity contribution is -0.136. The average Bonchev–Trinajstić information content (AvgIpc) is 2.55. The number of carbonyl (C=O) groups is 1. The number of methoxy groups -OCH3 is 1. The van der Waals surface area contributed by atoms with Crippen LogP contribution in [0, 0.1) is 5.92 Å². The van der Waals surface area contributed by atoms with Gasteiger partial charge in [-0.05, 0) is 25.7 Å². The van der Waals surface area contributed by atoms with Crippen molar-refractivity contribution in [3.05, 3.63) is 11.6 Å². The fraction of sp³-hybridized carbons (Fsp3) is 0.700. The molecule has 68 valence electrons. The Morgan fingerprint density at radius 2 is 2.00 bits per heavy atom. The number of rotatable bonds is 2. The lowest BCUT2D eigenvalue weighted by atomic mass is 10.1. The Morgan fingerprint density at radius 3 is 2.50 bits per heavy atom. The molecule has 0 heterocycles. The van der Waals surface area contributed by atoms with Crippen molar-refractivity contribution in [1.82, 2.24) is 0 Å². The zero-order chi connectivity index (χ0) is 8.97. The zero-order valence-electron chi connectivity index (χ0n) is 7.80. The SMILES string of the molecule is COC(=O)C(C)=CC1CCCC1. The summed E-state index contributed by atoms with van der Waals surface area (Å²) < 4.78 is 4.62. The van der Waals surface area contributed by atoms with E-state index in [1.54, 1.807) is 0 Å². The Kier molecular flexibility index (Phi) is 3.32. The Bertz CT molecular complexity index is 188. The van der Waals surface area contributed by atoms with Crippen LogP contribution in [0.5, 0.6) is 0 Å². The lowest BCUT2D eigenvalue weighted by Gasteiger charge is -2.03. The summed E-state index contributed by atoms with van der Waals surface area (Å²) in [7, 11) is 1.42. The molecule has 2 heteroatoms. The van der Waals surface area contributed by atoms with Crippen molar-refractivity contribution in [1.29, 1.82) is 0 Å². The topological polar surface area (TPSA) is 26.3 Å². The third kappa shape index (κ3) is 2.36. The van der Waals surface area contributed by atoms with E-state index in [0.29, 0.717) is 5.92 Å². The minimum Gasteiger partial charge on any atom is -0.466 e. The highest BCUT2D eigenvalue weighted by Crippen LogP contribution is 2.26. The van der Waals surface area contributed by atoms with E-state index >= 15 is 0 Å². The molecule has 0 aromatic rings. The Morgan fingerprint density at radius 1 is 1.42 bits per heavy atom. The first-order valence-electron chi connectivity index (χ1n) is 4.51. The summed E-state index contributed by atoms with van der Waals surface area (Å²) in [5.41, 5.74) is 0.754. The summed E-state index contributed by atoms with van der Waals surface area (Å²) in [5.74, 6) is 0.422. The van der Waals surface area contributed by atoms with Gasteiger partial charge in [-0.1, -0.05) is 18.9 Å². The van der Waals surface area contributed by atoms with Crippen molar-refractivity contribution in [3.63, 3.8) is 0 Å². The van der Waals surface area contributed by atoms with E-state index < -0.39 is 0 Å². The van der Waals surface area contributed by atoms with E-state index in [9.17, 15) is 4.79 Å². The standard InChI is InChI=1S/C10H16O2/c1-8(10(11)12-2)7-9-5-3-4-6-9/h7,9H,3-6H2,1-2H3. The van der Waals surface area contributed by atoms with Crippen LogP contribution in [0.2, 0.25) is 0 Å². The van der Waals surface area contributed by atoms with Crippen molar-refractivity contribution in [3.8, 4) is 0 Å². The molecule has 0 unspecified atom stereocenters. The van der Waals surface area contributed by atoms with Crippen molar-refractivity contribution < 1.29 is 9.53 Å². The third-order valence-electron chi connectivity index (χ3n) is 2.39. The van der Waals surface area contributed by atoms with Crippen molar-refractivity contribution in [2.75, 3.05) is 7.11 Å². The second kappa shape index (κ2) is 4.29. The maximum Gasteiger partial charge on any atom is 0.333 e. The van der Waals surface area contributed by atoms with Gasteiger partial charge < -0.3 is 4.74 Å². The molecule has 0 bridgehead atoms. The van der Waals surface area contributed by atoms with Gasteiger partial charge >= 0.3 is 5.97 Å². The largest absolute Gasteiger partial charge is 0.466 e. The molecule has 1 aliphatic carbocycles. The van der Waals surface area contributed by atoms with E-state index in [-0.39, 0.29) is 5.97 Å². The molecule has 0 aromatic heterocycles. The smallest absolute Gasteiger partial charge is 0.333 e. The number of allylic oxidation sites excluding steroid dienone is 1. The molecule has 0 aromatic carbocycles. The highest BCUT2D eigenvalue weighted by Gasteiger charge is 2.14. The Labute approximate surface area is 73.6 Å². The normalized spacial score (nSPS) is 19.7. The van der Waals surface area contributed by atoms with E-state index in [1.807, 2.05) is 6.92 Å². The van der Waals surface area contributed by atoms with Gasteiger partial charge in [0.2, 0.25) is 0 Å². The second-order valence-electron chi connectivity index (χ2n) is 3.39. The van der Waals surface area contributed by atoms with Gasteiger partial charge in [0.05, 0.1) is 7.11 Å². The Balaban J connectivity index is 2.48. The van der Waals surface area contributed by atoms with Crippen LogP contribution in [0.25, 0.3) is 0 Å². The minimum absolute atomic E-state index is 0.193. The molecular formula is C10H16O2. The fourth-order valence-electron chi connectivity index (χ4n) is 1.71. The highest BCUT2D eigenvalue weighted by atomic mass is 16.5. The predicted octanol–water partition coefficient (Wildman–Crippen LogP) is 2.30. The van der Waals surface area contributed by atoms with Crippen molar-refractivity contribution in [2.24, 2.45) is 5.92 Å². The van der Waals surface area contributed by atoms with Gasteiger partial charge in [-0.2, -0.15) is 0 Å². The number of ether oxygens (including phenoxy) is 1.